The normalized spacial score (nSPS) is 15.6. The molecule has 1 aliphatic rings. The first-order valence-electron chi connectivity index (χ1n) is 6.39. The van der Waals surface area contributed by atoms with E-state index in [1.165, 1.54) is 19.3 Å². The molecule has 1 aliphatic carbocycles. The molecule has 1 aromatic carbocycles. The first-order valence-corrected chi connectivity index (χ1v) is 6.39. The molecule has 4 heteroatoms. The minimum atomic E-state index is -0.0440. The number of hydrogen-bond acceptors (Lipinski definition) is 2. The number of nitrogen functional groups attached to an aromatic ring is 1. The molecule has 1 amide bonds. The molecule has 4 nitrogen and oxygen atoms in total. The summed E-state index contributed by atoms with van der Waals surface area (Å²) in [4.78, 5) is 15.1. The van der Waals surface area contributed by atoms with Crippen molar-refractivity contribution in [2.45, 2.75) is 19.3 Å². The van der Waals surface area contributed by atoms with Crippen molar-refractivity contribution in [1.82, 2.24) is 10.3 Å². The van der Waals surface area contributed by atoms with E-state index >= 15 is 0 Å². The molecule has 94 valence electrons. The number of H-pyrrole nitrogens is 1. The number of nitrogens with two attached hydrogens (primary N) is 1. The highest BCUT2D eigenvalue weighted by Gasteiger charge is 2.18. The zero-order valence-electron chi connectivity index (χ0n) is 10.2. The monoisotopic (exact) mass is 243 g/mol. The molecule has 0 atom stereocenters. The molecule has 2 aromatic rings. The number of rotatable bonds is 3. The van der Waals surface area contributed by atoms with Crippen LogP contribution in [-0.2, 0) is 0 Å². The summed E-state index contributed by atoms with van der Waals surface area (Å²) in [5, 5.41) is 3.95. The van der Waals surface area contributed by atoms with Crippen LogP contribution < -0.4 is 11.1 Å². The van der Waals surface area contributed by atoms with E-state index in [1.54, 1.807) is 0 Å². The number of aromatic amines is 1. The van der Waals surface area contributed by atoms with Crippen LogP contribution in [0.2, 0.25) is 0 Å². The highest BCUT2D eigenvalue weighted by molar-refractivity contribution is 6.00. The number of nitrogens with one attached hydrogen (secondary N) is 2. The lowest BCUT2D eigenvalue weighted by atomic mass is 9.85. The number of benzene rings is 1. The van der Waals surface area contributed by atoms with E-state index in [4.69, 9.17) is 5.73 Å². The summed E-state index contributed by atoms with van der Waals surface area (Å²) in [6.45, 7) is 0.781. The molecular weight excluding hydrogens is 226 g/mol. The van der Waals surface area contributed by atoms with Crippen LogP contribution >= 0.6 is 0 Å². The van der Waals surface area contributed by atoms with Gasteiger partial charge >= 0.3 is 0 Å². The summed E-state index contributed by atoms with van der Waals surface area (Å²) in [6, 6.07) is 7.52. The number of hydrogen-bond donors (Lipinski definition) is 3. The maximum absolute atomic E-state index is 12.0. The lowest BCUT2D eigenvalue weighted by Gasteiger charge is -2.25. The second-order valence-corrected chi connectivity index (χ2v) is 5.00. The Morgan fingerprint density at radius 2 is 2.28 bits per heavy atom. The second kappa shape index (κ2) is 4.37. The fraction of sp³-hybridized carbons (Fsp3) is 0.357. The molecule has 0 saturated heterocycles. The van der Waals surface area contributed by atoms with Crippen molar-refractivity contribution in [3.63, 3.8) is 0 Å². The smallest absolute Gasteiger partial charge is 0.267 e. The molecule has 0 bridgehead atoms. The lowest BCUT2D eigenvalue weighted by molar-refractivity contribution is 0.0935. The van der Waals surface area contributed by atoms with E-state index in [-0.39, 0.29) is 5.91 Å². The number of aromatic nitrogens is 1. The van der Waals surface area contributed by atoms with E-state index in [2.05, 4.69) is 10.3 Å². The first-order chi connectivity index (χ1) is 8.74. The molecule has 1 fully saturated rings. The molecule has 0 aliphatic heterocycles. The molecule has 18 heavy (non-hydrogen) atoms. The summed E-state index contributed by atoms with van der Waals surface area (Å²) >= 11 is 0. The zero-order chi connectivity index (χ0) is 12.5. The lowest BCUT2D eigenvalue weighted by Crippen LogP contribution is -2.32. The molecule has 1 heterocycles. The van der Waals surface area contributed by atoms with Gasteiger partial charge in [-0.2, -0.15) is 0 Å². The van der Waals surface area contributed by atoms with Gasteiger partial charge in [0, 0.05) is 11.9 Å². The van der Waals surface area contributed by atoms with E-state index in [9.17, 15) is 4.79 Å². The average molecular weight is 243 g/mol. The van der Waals surface area contributed by atoms with Gasteiger partial charge in [-0.15, -0.1) is 0 Å². The number of amides is 1. The van der Waals surface area contributed by atoms with Gasteiger partial charge in [0.05, 0.1) is 11.2 Å². The van der Waals surface area contributed by atoms with Gasteiger partial charge in [-0.3, -0.25) is 4.79 Å². The van der Waals surface area contributed by atoms with Gasteiger partial charge in [0.15, 0.2) is 0 Å². The maximum atomic E-state index is 12.0. The van der Waals surface area contributed by atoms with Gasteiger partial charge in [-0.05, 0) is 30.9 Å². The zero-order valence-corrected chi connectivity index (χ0v) is 10.2. The second-order valence-electron chi connectivity index (χ2n) is 5.00. The molecular formula is C14H17N3O. The molecule has 1 aromatic heterocycles. The Hall–Kier alpha value is -1.97. The number of para-hydroxylation sites is 1. The standard InChI is InChI=1S/C14H17N3O/c15-11-6-2-5-10-7-12(17-13(10)11)14(18)16-8-9-3-1-4-9/h2,5-7,9,17H,1,3-4,8,15H2,(H,16,18). The van der Waals surface area contributed by atoms with Crippen LogP contribution in [0.5, 0.6) is 0 Å². The third kappa shape index (κ3) is 1.94. The fourth-order valence-corrected chi connectivity index (χ4v) is 2.33. The van der Waals surface area contributed by atoms with Gasteiger partial charge in [0.1, 0.15) is 5.69 Å². The van der Waals surface area contributed by atoms with Crippen molar-refractivity contribution in [2.75, 3.05) is 12.3 Å². The topological polar surface area (TPSA) is 70.9 Å². The maximum Gasteiger partial charge on any atom is 0.267 e. The van der Waals surface area contributed by atoms with Crippen LogP contribution in [0.4, 0.5) is 5.69 Å². The highest BCUT2D eigenvalue weighted by Crippen LogP contribution is 2.25. The third-order valence-electron chi connectivity index (χ3n) is 3.71. The summed E-state index contributed by atoms with van der Waals surface area (Å²) < 4.78 is 0. The Morgan fingerprint density at radius 3 is 2.94 bits per heavy atom. The van der Waals surface area contributed by atoms with Crippen LogP contribution in [0.25, 0.3) is 10.9 Å². The van der Waals surface area contributed by atoms with Crippen molar-refractivity contribution in [2.24, 2.45) is 5.92 Å². The SMILES string of the molecule is Nc1cccc2cc(C(=O)NCC3CCC3)[nH]c12. The van der Waals surface area contributed by atoms with Crippen molar-refractivity contribution < 1.29 is 4.79 Å². The number of carbonyl (C=O) groups is 1. The van der Waals surface area contributed by atoms with Gasteiger partial charge < -0.3 is 16.0 Å². The van der Waals surface area contributed by atoms with Gasteiger partial charge in [0.25, 0.3) is 5.91 Å². The van der Waals surface area contributed by atoms with Crippen LogP contribution in [-0.4, -0.2) is 17.4 Å². The number of carbonyl (C=O) groups excluding carboxylic acids is 1. The van der Waals surface area contributed by atoms with Gasteiger partial charge in [0.2, 0.25) is 0 Å². The molecule has 1 saturated carbocycles. The average Bonchev–Trinajstić information content (AvgIpc) is 2.72. The molecule has 4 N–H and O–H groups in total. The highest BCUT2D eigenvalue weighted by atomic mass is 16.1. The quantitative estimate of drug-likeness (QED) is 0.724. The Balaban J connectivity index is 1.76. The Morgan fingerprint density at radius 1 is 1.44 bits per heavy atom. The van der Waals surface area contributed by atoms with Crippen LogP contribution in [0.1, 0.15) is 29.8 Å². The summed E-state index contributed by atoms with van der Waals surface area (Å²) in [5.41, 5.74) is 7.96. The summed E-state index contributed by atoms with van der Waals surface area (Å²) in [6.07, 6.45) is 3.77. The van der Waals surface area contributed by atoms with Crippen LogP contribution in [0, 0.1) is 5.92 Å². The molecule has 0 spiro atoms. The molecule has 0 radical (unpaired) electrons. The van der Waals surface area contributed by atoms with Gasteiger partial charge in [-0.1, -0.05) is 18.6 Å². The van der Waals surface area contributed by atoms with E-state index in [0.717, 1.165) is 17.4 Å². The van der Waals surface area contributed by atoms with Crippen LogP contribution in [0.15, 0.2) is 24.3 Å². The largest absolute Gasteiger partial charge is 0.397 e. The minimum absolute atomic E-state index is 0.0440. The summed E-state index contributed by atoms with van der Waals surface area (Å²) in [5.74, 6) is 0.626. The van der Waals surface area contributed by atoms with Crippen molar-refractivity contribution in [1.29, 1.82) is 0 Å². The number of anilines is 1. The van der Waals surface area contributed by atoms with Crippen LogP contribution in [0.3, 0.4) is 0 Å². The number of fused-ring (bicyclic) bond motifs is 1. The van der Waals surface area contributed by atoms with E-state index < -0.39 is 0 Å². The van der Waals surface area contributed by atoms with E-state index in [1.807, 2.05) is 24.3 Å². The molecule has 3 rings (SSSR count). The van der Waals surface area contributed by atoms with Crippen molar-refractivity contribution in [3.05, 3.63) is 30.0 Å². The Labute approximate surface area is 106 Å². The Kier molecular flexibility index (Phi) is 2.70. The minimum Gasteiger partial charge on any atom is -0.397 e. The predicted molar refractivity (Wildman–Crippen MR) is 72.4 cm³/mol. The van der Waals surface area contributed by atoms with Crippen molar-refractivity contribution >= 4 is 22.5 Å². The fourth-order valence-electron chi connectivity index (χ4n) is 2.33. The van der Waals surface area contributed by atoms with Crippen molar-refractivity contribution in [3.8, 4) is 0 Å². The van der Waals surface area contributed by atoms with Gasteiger partial charge in [-0.25, -0.2) is 0 Å². The van der Waals surface area contributed by atoms with E-state index in [0.29, 0.717) is 17.3 Å². The predicted octanol–water partition coefficient (Wildman–Crippen LogP) is 2.28. The molecule has 0 unspecified atom stereocenters. The first kappa shape index (κ1) is 11.1. The Bertz CT molecular complexity index is 584. The third-order valence-corrected chi connectivity index (χ3v) is 3.71. The summed E-state index contributed by atoms with van der Waals surface area (Å²) in [7, 11) is 0.